The molecule has 0 spiro atoms. The molecule has 4 N–H and O–H groups in total. The minimum Gasteiger partial charge on any atom is -0.507 e. The third kappa shape index (κ3) is 2.94. The van der Waals surface area contributed by atoms with Crippen molar-refractivity contribution < 1.29 is 33.7 Å². The number of nitrogens with one attached hydrogen (secondary N) is 1. The topological polar surface area (TPSA) is 117 Å². The second-order valence-electron chi connectivity index (χ2n) is 7.01. The Morgan fingerprint density at radius 1 is 1.31 bits per heavy atom. The van der Waals surface area contributed by atoms with Gasteiger partial charge in [0.25, 0.3) is 11.8 Å². The second kappa shape index (κ2) is 6.79. The molecule has 11 heteroatoms. The van der Waals surface area contributed by atoms with Crippen molar-refractivity contribution in [2.75, 3.05) is 20.3 Å². The minimum absolute atomic E-state index is 0.0134. The number of nitrogens with zero attached hydrogens (tertiary/aromatic N) is 3. The van der Waals surface area contributed by atoms with Crippen molar-refractivity contribution in [2.45, 2.75) is 18.8 Å². The highest BCUT2D eigenvalue weighted by Gasteiger charge is 2.51. The highest BCUT2D eigenvalue weighted by atomic mass is 19.1. The number of aliphatic hydroxyl groups excluding tert-OH is 3. The fourth-order valence-corrected chi connectivity index (χ4v) is 3.72. The van der Waals surface area contributed by atoms with Crippen molar-refractivity contribution in [1.29, 1.82) is 0 Å². The molecule has 2 fully saturated rings. The summed E-state index contributed by atoms with van der Waals surface area (Å²) in [7, 11) is 1.50. The highest BCUT2D eigenvalue weighted by molar-refractivity contribution is 6.00. The molecule has 3 aliphatic heterocycles. The van der Waals surface area contributed by atoms with Gasteiger partial charge >= 0.3 is 0 Å². The number of aliphatic hydroxyl groups is 3. The molecule has 1 aromatic rings. The first-order valence-corrected chi connectivity index (χ1v) is 8.76. The summed E-state index contributed by atoms with van der Waals surface area (Å²) in [5, 5.41) is 36.5. The first-order valence-electron chi connectivity index (χ1n) is 8.76. The van der Waals surface area contributed by atoms with E-state index in [9.17, 15) is 33.7 Å². The van der Waals surface area contributed by atoms with Gasteiger partial charge in [-0.25, -0.2) is 8.78 Å². The molecule has 2 atom stereocenters. The number of hydrogen-bond donors (Lipinski definition) is 4. The van der Waals surface area contributed by atoms with Crippen LogP contribution in [0.15, 0.2) is 40.9 Å². The Bertz CT molecular complexity index is 979. The van der Waals surface area contributed by atoms with Gasteiger partial charge in [0.05, 0.1) is 24.5 Å². The summed E-state index contributed by atoms with van der Waals surface area (Å²) in [6.07, 6.45) is -3.05. The fraction of sp³-hybridized carbons (Fsp3) is 0.333. The summed E-state index contributed by atoms with van der Waals surface area (Å²) in [4.78, 5) is 26.5. The van der Waals surface area contributed by atoms with Crippen molar-refractivity contribution in [1.82, 2.24) is 20.2 Å². The third-order valence-electron chi connectivity index (χ3n) is 5.10. The maximum Gasteiger partial charge on any atom is 0.276 e. The van der Waals surface area contributed by atoms with Crippen LogP contribution in [0.4, 0.5) is 8.78 Å². The fourth-order valence-electron chi connectivity index (χ4n) is 3.72. The van der Waals surface area contributed by atoms with Crippen LogP contribution in [0.1, 0.15) is 5.56 Å². The molecular weight excluding hydrogens is 390 g/mol. The second-order valence-corrected chi connectivity index (χ2v) is 7.01. The molecule has 0 saturated carbocycles. The van der Waals surface area contributed by atoms with Gasteiger partial charge in [0.15, 0.2) is 11.5 Å². The molecule has 3 heterocycles. The molecule has 0 aliphatic carbocycles. The molecule has 2 saturated heterocycles. The normalized spacial score (nSPS) is 24.4. The zero-order valence-corrected chi connectivity index (χ0v) is 15.3. The van der Waals surface area contributed by atoms with Gasteiger partial charge in [-0.2, -0.15) is 5.01 Å². The van der Waals surface area contributed by atoms with Crippen molar-refractivity contribution in [3.8, 4) is 0 Å². The lowest BCUT2D eigenvalue weighted by Gasteiger charge is -2.43. The minimum atomic E-state index is -1.85. The Balaban J connectivity index is 1.66. The number of likely N-dealkylation sites (N-methyl/N-ethyl adjacent to an activating group) is 1. The summed E-state index contributed by atoms with van der Waals surface area (Å²) in [5.41, 5.74) is -0.594. The lowest BCUT2D eigenvalue weighted by atomic mass is 9.96. The molecule has 3 aliphatic rings. The van der Waals surface area contributed by atoms with Gasteiger partial charge in [-0.1, -0.05) is 6.07 Å². The van der Waals surface area contributed by atoms with E-state index in [0.717, 1.165) is 6.07 Å². The molecule has 2 amide bonds. The van der Waals surface area contributed by atoms with Crippen LogP contribution in [0.5, 0.6) is 0 Å². The van der Waals surface area contributed by atoms with Crippen molar-refractivity contribution >= 4 is 11.8 Å². The van der Waals surface area contributed by atoms with E-state index in [2.05, 4.69) is 5.32 Å². The summed E-state index contributed by atoms with van der Waals surface area (Å²) >= 11 is 0. The van der Waals surface area contributed by atoms with Crippen LogP contribution in [-0.4, -0.2) is 74.5 Å². The molecule has 9 nitrogen and oxygen atoms in total. The van der Waals surface area contributed by atoms with E-state index in [1.165, 1.54) is 23.0 Å². The Hall–Kier alpha value is -3.02. The molecule has 4 rings (SSSR count). The highest BCUT2D eigenvalue weighted by Crippen LogP contribution is 2.40. The number of hydrazine groups is 1. The van der Waals surface area contributed by atoms with Crippen LogP contribution in [0.25, 0.3) is 0 Å². The maximum atomic E-state index is 13.8. The van der Waals surface area contributed by atoms with E-state index >= 15 is 0 Å². The van der Waals surface area contributed by atoms with Crippen LogP contribution in [-0.2, 0) is 16.1 Å². The van der Waals surface area contributed by atoms with Gasteiger partial charge in [0.2, 0.25) is 0 Å². The predicted molar refractivity (Wildman–Crippen MR) is 93.1 cm³/mol. The van der Waals surface area contributed by atoms with Gasteiger partial charge < -0.3 is 25.5 Å². The number of carbonyl (C=O) groups excluding carboxylic acids is 2. The van der Waals surface area contributed by atoms with Crippen molar-refractivity contribution in [3.05, 3.63) is 58.1 Å². The van der Waals surface area contributed by atoms with Crippen LogP contribution < -0.4 is 5.32 Å². The van der Waals surface area contributed by atoms with Crippen LogP contribution in [0.3, 0.4) is 0 Å². The smallest absolute Gasteiger partial charge is 0.276 e. The van der Waals surface area contributed by atoms with Gasteiger partial charge in [-0.15, -0.1) is 0 Å². The first-order chi connectivity index (χ1) is 13.7. The Morgan fingerprint density at radius 2 is 2.03 bits per heavy atom. The molecule has 0 aromatic heterocycles. The SMILES string of the molecule is CN1CN2CC(O)C3=C(C(=O)NCc4ccc(F)cc4F)C(O)C(O)=C(C1=O)N32. The van der Waals surface area contributed by atoms with Crippen molar-refractivity contribution in [2.24, 2.45) is 0 Å². The van der Waals surface area contributed by atoms with Crippen LogP contribution >= 0.6 is 0 Å². The molecular formula is C18H18F2N4O5. The van der Waals surface area contributed by atoms with Crippen molar-refractivity contribution in [3.63, 3.8) is 0 Å². The summed E-state index contributed by atoms with van der Waals surface area (Å²) in [5.74, 6) is -3.77. The van der Waals surface area contributed by atoms with E-state index < -0.39 is 41.4 Å². The molecule has 29 heavy (non-hydrogen) atoms. The molecule has 0 bridgehead atoms. The summed E-state index contributed by atoms with van der Waals surface area (Å²) in [6.45, 7) is -0.158. The lowest BCUT2D eigenvalue weighted by molar-refractivity contribution is -0.142. The van der Waals surface area contributed by atoms with Gasteiger partial charge in [-0.05, 0) is 6.07 Å². The van der Waals surface area contributed by atoms with E-state index in [1.807, 2.05) is 0 Å². The average Bonchev–Trinajstić information content (AvgIpc) is 2.97. The monoisotopic (exact) mass is 408 g/mol. The van der Waals surface area contributed by atoms with Crippen LogP contribution in [0, 0.1) is 11.6 Å². The number of rotatable bonds is 3. The standard InChI is InChI=1S/C18H18F2N4O5/c1-22-7-23-6-11(25)13-12(15(26)16(27)14(18(22)29)24(13)23)17(28)21-5-8-2-3-9(19)4-10(8)20/h2-4,11,15,25-27H,5-7H2,1H3,(H,21,28). The number of amides is 2. The summed E-state index contributed by atoms with van der Waals surface area (Å²) < 4.78 is 26.8. The van der Waals surface area contributed by atoms with E-state index in [1.54, 1.807) is 5.01 Å². The predicted octanol–water partition coefficient (Wildman–Crippen LogP) is -0.698. The number of hydrogen-bond acceptors (Lipinski definition) is 7. The van der Waals surface area contributed by atoms with Gasteiger partial charge in [-0.3, -0.25) is 14.6 Å². The molecule has 1 aromatic carbocycles. The zero-order valence-electron chi connectivity index (χ0n) is 15.3. The largest absolute Gasteiger partial charge is 0.507 e. The Labute approximate surface area is 163 Å². The Kier molecular flexibility index (Phi) is 4.52. The van der Waals surface area contributed by atoms with Gasteiger partial charge in [0.1, 0.15) is 23.8 Å². The summed E-state index contributed by atoms with van der Waals surface area (Å²) in [6, 6.07) is 2.88. The van der Waals surface area contributed by atoms with E-state index in [4.69, 9.17) is 0 Å². The number of carbonyl (C=O) groups is 2. The van der Waals surface area contributed by atoms with E-state index in [-0.39, 0.29) is 42.3 Å². The Morgan fingerprint density at radius 3 is 2.72 bits per heavy atom. The van der Waals surface area contributed by atoms with E-state index in [0.29, 0.717) is 6.07 Å². The average molecular weight is 408 g/mol. The molecule has 0 radical (unpaired) electrons. The zero-order chi connectivity index (χ0) is 21.0. The lowest BCUT2D eigenvalue weighted by Crippen LogP contribution is -2.56. The van der Waals surface area contributed by atoms with Crippen LogP contribution in [0.2, 0.25) is 0 Å². The third-order valence-corrected chi connectivity index (χ3v) is 5.10. The maximum absolute atomic E-state index is 13.8. The number of halogens is 2. The number of benzene rings is 1. The quantitative estimate of drug-likeness (QED) is 0.523. The molecule has 2 unspecified atom stereocenters. The first kappa shape index (κ1) is 19.3. The van der Waals surface area contributed by atoms with Gasteiger partial charge in [0, 0.05) is 25.2 Å². The molecule has 154 valence electrons.